The number of hydrogen-bond donors (Lipinski definition) is 0. The van der Waals surface area contributed by atoms with Crippen molar-refractivity contribution in [3.63, 3.8) is 0 Å². The molecular weight excluding hydrogens is 294 g/mol. The van der Waals surface area contributed by atoms with E-state index in [2.05, 4.69) is 46.8 Å². The first-order valence-electron chi connectivity index (χ1n) is 6.36. The highest BCUT2D eigenvalue weighted by molar-refractivity contribution is 9.10. The van der Waals surface area contributed by atoms with Crippen molar-refractivity contribution in [2.45, 2.75) is 13.8 Å². The summed E-state index contributed by atoms with van der Waals surface area (Å²) in [5.74, 6) is 0.967. The Kier molecular flexibility index (Phi) is 5.03. The van der Waals surface area contributed by atoms with Gasteiger partial charge in [-0.2, -0.15) is 0 Å². The number of benzene rings is 1. The molecule has 4 heteroatoms. The summed E-state index contributed by atoms with van der Waals surface area (Å²) in [5.41, 5.74) is 2.43. The topological polar surface area (TPSA) is 21.7 Å². The van der Waals surface area contributed by atoms with Gasteiger partial charge in [0.2, 0.25) is 0 Å². The monoisotopic (exact) mass is 313 g/mol. The normalized spacial score (nSPS) is 16.8. The average molecular weight is 314 g/mol. The third-order valence-electron chi connectivity index (χ3n) is 3.13. The van der Waals surface area contributed by atoms with E-state index in [1.165, 1.54) is 11.1 Å². The predicted molar refractivity (Wildman–Crippen MR) is 76.4 cm³/mol. The third-order valence-corrected chi connectivity index (χ3v) is 3.72. The van der Waals surface area contributed by atoms with Crippen molar-refractivity contribution in [2.24, 2.45) is 0 Å². The average Bonchev–Trinajstić information content (AvgIpc) is 2.34. The minimum Gasteiger partial charge on any atom is -0.491 e. The second kappa shape index (κ2) is 6.55. The summed E-state index contributed by atoms with van der Waals surface area (Å²) in [6.07, 6.45) is 0. The Hall–Kier alpha value is -0.580. The second-order valence-corrected chi connectivity index (χ2v) is 5.55. The van der Waals surface area contributed by atoms with Gasteiger partial charge in [-0.05, 0) is 47.0 Å². The molecule has 1 aliphatic heterocycles. The lowest BCUT2D eigenvalue weighted by Crippen LogP contribution is -2.38. The van der Waals surface area contributed by atoms with Gasteiger partial charge in [-0.1, -0.05) is 6.07 Å². The molecule has 1 aromatic carbocycles. The SMILES string of the molecule is Cc1cc(C)c(OCCN2CCOCC2)c(Br)c1. The number of hydrogen-bond acceptors (Lipinski definition) is 3. The van der Waals surface area contributed by atoms with Crippen LogP contribution >= 0.6 is 15.9 Å². The molecule has 0 bridgehead atoms. The summed E-state index contributed by atoms with van der Waals surface area (Å²) in [6.45, 7) is 9.57. The molecule has 0 N–H and O–H groups in total. The summed E-state index contributed by atoms with van der Waals surface area (Å²) < 4.78 is 12.3. The van der Waals surface area contributed by atoms with Gasteiger partial charge in [0.15, 0.2) is 0 Å². The van der Waals surface area contributed by atoms with E-state index in [0.717, 1.165) is 49.7 Å². The van der Waals surface area contributed by atoms with Crippen molar-refractivity contribution in [1.29, 1.82) is 0 Å². The highest BCUT2D eigenvalue weighted by Crippen LogP contribution is 2.30. The van der Waals surface area contributed by atoms with E-state index < -0.39 is 0 Å². The molecule has 1 saturated heterocycles. The number of aryl methyl sites for hydroxylation is 2. The van der Waals surface area contributed by atoms with Crippen LogP contribution < -0.4 is 4.74 Å². The highest BCUT2D eigenvalue weighted by atomic mass is 79.9. The first kappa shape index (κ1) is 13.8. The lowest BCUT2D eigenvalue weighted by atomic mass is 10.1. The molecule has 0 aliphatic carbocycles. The zero-order valence-corrected chi connectivity index (χ0v) is 12.6. The summed E-state index contributed by atoms with van der Waals surface area (Å²) in [4.78, 5) is 2.38. The standard InChI is InChI=1S/C14H20BrNO2/c1-11-9-12(2)14(13(15)10-11)18-8-5-16-3-6-17-7-4-16/h9-10H,3-8H2,1-2H3. The van der Waals surface area contributed by atoms with Gasteiger partial charge in [0.25, 0.3) is 0 Å². The van der Waals surface area contributed by atoms with Gasteiger partial charge >= 0.3 is 0 Å². The zero-order chi connectivity index (χ0) is 13.0. The van der Waals surface area contributed by atoms with Crippen LogP contribution in [0.5, 0.6) is 5.75 Å². The summed E-state index contributed by atoms with van der Waals surface area (Å²) in [7, 11) is 0. The Morgan fingerprint density at radius 3 is 2.67 bits per heavy atom. The minimum absolute atomic E-state index is 0.725. The molecule has 2 rings (SSSR count). The number of halogens is 1. The number of nitrogens with zero attached hydrogens (tertiary/aromatic N) is 1. The molecule has 0 spiro atoms. The molecule has 1 aliphatic rings. The van der Waals surface area contributed by atoms with Gasteiger partial charge in [-0.3, -0.25) is 4.90 Å². The molecular formula is C14H20BrNO2. The smallest absolute Gasteiger partial charge is 0.136 e. The Balaban J connectivity index is 1.86. The maximum Gasteiger partial charge on any atom is 0.136 e. The molecule has 0 saturated carbocycles. The van der Waals surface area contributed by atoms with Crippen LogP contribution in [-0.4, -0.2) is 44.4 Å². The molecule has 0 amide bonds. The Bertz CT molecular complexity index is 380. The van der Waals surface area contributed by atoms with Gasteiger partial charge in [0.1, 0.15) is 12.4 Å². The molecule has 0 aromatic heterocycles. The zero-order valence-electron chi connectivity index (χ0n) is 11.0. The first-order valence-corrected chi connectivity index (χ1v) is 7.16. The van der Waals surface area contributed by atoms with Crippen molar-refractivity contribution in [3.8, 4) is 5.75 Å². The van der Waals surface area contributed by atoms with Crippen molar-refractivity contribution in [2.75, 3.05) is 39.5 Å². The van der Waals surface area contributed by atoms with Crippen LogP contribution in [-0.2, 0) is 4.74 Å². The molecule has 0 unspecified atom stereocenters. The van der Waals surface area contributed by atoms with Crippen molar-refractivity contribution in [1.82, 2.24) is 4.90 Å². The van der Waals surface area contributed by atoms with E-state index in [1.807, 2.05) is 0 Å². The van der Waals surface area contributed by atoms with Crippen LogP contribution in [0.4, 0.5) is 0 Å². The maximum atomic E-state index is 5.90. The van der Waals surface area contributed by atoms with E-state index in [4.69, 9.17) is 9.47 Å². The Morgan fingerprint density at radius 1 is 1.28 bits per heavy atom. The van der Waals surface area contributed by atoms with E-state index in [9.17, 15) is 0 Å². The summed E-state index contributed by atoms with van der Waals surface area (Å²) in [5, 5.41) is 0. The van der Waals surface area contributed by atoms with Crippen molar-refractivity contribution >= 4 is 15.9 Å². The maximum absolute atomic E-state index is 5.90. The number of rotatable bonds is 4. The molecule has 0 atom stereocenters. The van der Waals surface area contributed by atoms with E-state index in [0.29, 0.717) is 0 Å². The van der Waals surface area contributed by atoms with Crippen LogP contribution in [0.1, 0.15) is 11.1 Å². The third kappa shape index (κ3) is 3.70. The van der Waals surface area contributed by atoms with E-state index >= 15 is 0 Å². The van der Waals surface area contributed by atoms with E-state index in [1.54, 1.807) is 0 Å². The van der Waals surface area contributed by atoms with Crippen molar-refractivity contribution < 1.29 is 9.47 Å². The fourth-order valence-electron chi connectivity index (χ4n) is 2.19. The number of ether oxygens (including phenoxy) is 2. The number of morpholine rings is 1. The van der Waals surface area contributed by atoms with Gasteiger partial charge in [0, 0.05) is 19.6 Å². The first-order chi connectivity index (χ1) is 8.66. The Morgan fingerprint density at radius 2 is 2.00 bits per heavy atom. The molecule has 100 valence electrons. The lowest BCUT2D eigenvalue weighted by Gasteiger charge is -2.26. The van der Waals surface area contributed by atoms with Crippen LogP contribution in [0.2, 0.25) is 0 Å². The molecule has 1 aromatic rings. The molecule has 3 nitrogen and oxygen atoms in total. The van der Waals surface area contributed by atoms with Gasteiger partial charge in [-0.15, -0.1) is 0 Å². The molecule has 18 heavy (non-hydrogen) atoms. The van der Waals surface area contributed by atoms with E-state index in [-0.39, 0.29) is 0 Å². The molecule has 1 fully saturated rings. The van der Waals surface area contributed by atoms with Crippen LogP contribution in [0.15, 0.2) is 16.6 Å². The van der Waals surface area contributed by atoms with Crippen molar-refractivity contribution in [3.05, 3.63) is 27.7 Å². The summed E-state index contributed by atoms with van der Waals surface area (Å²) >= 11 is 3.57. The predicted octanol–water partition coefficient (Wildman–Crippen LogP) is 2.78. The quantitative estimate of drug-likeness (QED) is 0.853. The van der Waals surface area contributed by atoms with Crippen LogP contribution in [0.3, 0.4) is 0 Å². The minimum atomic E-state index is 0.725. The highest BCUT2D eigenvalue weighted by Gasteiger charge is 2.11. The fraction of sp³-hybridized carbons (Fsp3) is 0.571. The largest absolute Gasteiger partial charge is 0.491 e. The fourth-order valence-corrected chi connectivity index (χ4v) is 2.98. The van der Waals surface area contributed by atoms with Crippen LogP contribution in [0, 0.1) is 13.8 Å². The lowest BCUT2D eigenvalue weighted by molar-refractivity contribution is 0.0322. The van der Waals surface area contributed by atoms with Gasteiger partial charge < -0.3 is 9.47 Å². The van der Waals surface area contributed by atoms with Gasteiger partial charge in [-0.25, -0.2) is 0 Å². The second-order valence-electron chi connectivity index (χ2n) is 4.70. The van der Waals surface area contributed by atoms with Gasteiger partial charge in [0.05, 0.1) is 17.7 Å². The van der Waals surface area contributed by atoms with Crippen LogP contribution in [0.25, 0.3) is 0 Å². The molecule has 1 heterocycles. The summed E-state index contributed by atoms with van der Waals surface area (Å²) in [6, 6.07) is 4.24. The molecule has 0 radical (unpaired) electrons. The Labute approximate surface area is 117 Å².